The maximum atomic E-state index is 11.8. The third kappa shape index (κ3) is 5.50. The molecule has 1 heterocycles. The lowest BCUT2D eigenvalue weighted by Gasteiger charge is -2.24. The van der Waals surface area contributed by atoms with Crippen molar-refractivity contribution in [2.24, 2.45) is 0 Å². The fourth-order valence-electron chi connectivity index (χ4n) is 2.16. The molecule has 0 aromatic heterocycles. The Labute approximate surface area is 105 Å². The van der Waals surface area contributed by atoms with Crippen molar-refractivity contribution in [3.8, 4) is 0 Å². The first-order chi connectivity index (χ1) is 8.27. The van der Waals surface area contributed by atoms with E-state index in [0.717, 1.165) is 45.4 Å². The molecule has 1 aliphatic rings. The van der Waals surface area contributed by atoms with Crippen LogP contribution in [0.3, 0.4) is 0 Å². The highest BCUT2D eigenvalue weighted by Gasteiger charge is 2.15. The molecule has 0 bridgehead atoms. The molecule has 100 valence electrons. The Hall–Kier alpha value is -0.610. The largest absolute Gasteiger partial charge is 0.378 e. The van der Waals surface area contributed by atoms with Crippen LogP contribution in [-0.2, 0) is 9.53 Å². The van der Waals surface area contributed by atoms with Gasteiger partial charge in [-0.15, -0.1) is 0 Å². The van der Waals surface area contributed by atoms with E-state index in [1.54, 1.807) is 0 Å². The summed E-state index contributed by atoms with van der Waals surface area (Å²) in [6.07, 6.45) is 4.04. The topological polar surface area (TPSA) is 41.6 Å². The van der Waals surface area contributed by atoms with Crippen LogP contribution in [0.4, 0.5) is 0 Å². The minimum atomic E-state index is 0.225. The Morgan fingerprint density at radius 1 is 1.35 bits per heavy atom. The van der Waals surface area contributed by atoms with Crippen molar-refractivity contribution in [2.45, 2.75) is 45.6 Å². The first-order valence-electron chi connectivity index (χ1n) is 6.88. The first kappa shape index (κ1) is 14.5. The van der Waals surface area contributed by atoms with E-state index >= 15 is 0 Å². The molecule has 4 heteroatoms. The second kappa shape index (κ2) is 8.48. The molecule has 0 atom stereocenters. The van der Waals surface area contributed by atoms with Gasteiger partial charge < -0.3 is 15.0 Å². The molecule has 17 heavy (non-hydrogen) atoms. The third-order valence-corrected chi connectivity index (χ3v) is 3.18. The van der Waals surface area contributed by atoms with Gasteiger partial charge in [-0.25, -0.2) is 0 Å². The number of carbonyl (C=O) groups excluding carboxylic acids is 1. The van der Waals surface area contributed by atoms with Crippen LogP contribution in [0.2, 0.25) is 0 Å². The van der Waals surface area contributed by atoms with Crippen LogP contribution in [0.15, 0.2) is 0 Å². The number of hydrogen-bond acceptors (Lipinski definition) is 3. The standard InChI is InChI=1S/C13H26N2O2/c1-3-10-15(4-2)13(16)7-11-17-12-5-8-14-9-6-12/h12,14H,3-11H2,1-2H3. The first-order valence-corrected chi connectivity index (χ1v) is 6.88. The maximum Gasteiger partial charge on any atom is 0.224 e. The fourth-order valence-corrected chi connectivity index (χ4v) is 2.16. The predicted molar refractivity (Wildman–Crippen MR) is 69.0 cm³/mol. The van der Waals surface area contributed by atoms with Crippen LogP contribution in [0.1, 0.15) is 39.5 Å². The van der Waals surface area contributed by atoms with Gasteiger partial charge in [-0.3, -0.25) is 4.79 Å². The zero-order valence-corrected chi connectivity index (χ0v) is 11.2. The predicted octanol–water partition coefficient (Wildman–Crippen LogP) is 1.40. The Balaban J connectivity index is 2.13. The molecular formula is C13H26N2O2. The third-order valence-electron chi connectivity index (χ3n) is 3.18. The van der Waals surface area contributed by atoms with Crippen LogP contribution >= 0.6 is 0 Å². The van der Waals surface area contributed by atoms with Gasteiger partial charge in [-0.05, 0) is 39.3 Å². The van der Waals surface area contributed by atoms with Crippen molar-refractivity contribution in [1.29, 1.82) is 0 Å². The molecule has 4 nitrogen and oxygen atoms in total. The fraction of sp³-hybridized carbons (Fsp3) is 0.923. The van der Waals surface area contributed by atoms with E-state index in [1.165, 1.54) is 0 Å². The van der Waals surface area contributed by atoms with E-state index in [1.807, 2.05) is 11.8 Å². The van der Waals surface area contributed by atoms with Crippen molar-refractivity contribution in [1.82, 2.24) is 10.2 Å². The molecule has 0 radical (unpaired) electrons. The Morgan fingerprint density at radius 3 is 2.65 bits per heavy atom. The molecular weight excluding hydrogens is 216 g/mol. The lowest BCUT2D eigenvalue weighted by Crippen LogP contribution is -2.35. The molecule has 0 aromatic carbocycles. The number of rotatable bonds is 7. The van der Waals surface area contributed by atoms with Crippen molar-refractivity contribution in [3.05, 3.63) is 0 Å². The molecule has 0 aromatic rings. The zero-order chi connectivity index (χ0) is 12.5. The Morgan fingerprint density at radius 2 is 2.06 bits per heavy atom. The zero-order valence-electron chi connectivity index (χ0n) is 11.2. The molecule has 0 spiro atoms. The van der Waals surface area contributed by atoms with Crippen LogP contribution in [0, 0.1) is 0 Å². The van der Waals surface area contributed by atoms with E-state index in [9.17, 15) is 4.79 Å². The SMILES string of the molecule is CCCN(CC)C(=O)CCOC1CCNCC1. The van der Waals surface area contributed by atoms with Gasteiger partial charge in [-0.2, -0.15) is 0 Å². The van der Waals surface area contributed by atoms with Crippen molar-refractivity contribution >= 4 is 5.91 Å². The van der Waals surface area contributed by atoms with Crippen LogP contribution in [0.25, 0.3) is 0 Å². The lowest BCUT2D eigenvalue weighted by atomic mass is 10.1. The van der Waals surface area contributed by atoms with Crippen LogP contribution < -0.4 is 5.32 Å². The summed E-state index contributed by atoms with van der Waals surface area (Å²) in [7, 11) is 0. The number of ether oxygens (including phenoxy) is 1. The molecule has 0 saturated carbocycles. The Kier molecular flexibility index (Phi) is 7.21. The molecule has 0 aliphatic carbocycles. The van der Waals surface area contributed by atoms with Gasteiger partial charge in [0, 0.05) is 13.1 Å². The number of nitrogens with zero attached hydrogens (tertiary/aromatic N) is 1. The second-order valence-corrected chi connectivity index (χ2v) is 4.54. The number of hydrogen-bond donors (Lipinski definition) is 1. The number of nitrogens with one attached hydrogen (secondary N) is 1. The summed E-state index contributed by atoms with van der Waals surface area (Å²) in [5.41, 5.74) is 0. The number of carbonyl (C=O) groups is 1. The van der Waals surface area contributed by atoms with Crippen molar-refractivity contribution in [3.63, 3.8) is 0 Å². The van der Waals surface area contributed by atoms with E-state index in [0.29, 0.717) is 19.1 Å². The maximum absolute atomic E-state index is 11.8. The Bertz CT molecular complexity index is 215. The molecule has 1 saturated heterocycles. The van der Waals surface area contributed by atoms with Crippen LogP contribution in [0.5, 0.6) is 0 Å². The van der Waals surface area contributed by atoms with Gasteiger partial charge >= 0.3 is 0 Å². The summed E-state index contributed by atoms with van der Waals surface area (Å²) in [6.45, 7) is 8.44. The molecule has 1 N–H and O–H groups in total. The molecule has 1 fully saturated rings. The van der Waals surface area contributed by atoms with Crippen LogP contribution in [-0.4, -0.2) is 49.7 Å². The minimum Gasteiger partial charge on any atom is -0.378 e. The summed E-state index contributed by atoms with van der Waals surface area (Å²) < 4.78 is 5.74. The molecule has 1 aliphatic heterocycles. The van der Waals surface area contributed by atoms with E-state index in [2.05, 4.69) is 12.2 Å². The second-order valence-electron chi connectivity index (χ2n) is 4.54. The van der Waals surface area contributed by atoms with Crippen molar-refractivity contribution in [2.75, 3.05) is 32.8 Å². The van der Waals surface area contributed by atoms with Gasteiger partial charge in [0.1, 0.15) is 0 Å². The number of amides is 1. The summed E-state index contributed by atoms with van der Waals surface area (Å²) in [4.78, 5) is 13.7. The summed E-state index contributed by atoms with van der Waals surface area (Å²) in [6, 6.07) is 0. The van der Waals surface area contributed by atoms with E-state index in [-0.39, 0.29) is 5.91 Å². The van der Waals surface area contributed by atoms with E-state index in [4.69, 9.17) is 4.74 Å². The molecule has 0 unspecified atom stereocenters. The van der Waals surface area contributed by atoms with Gasteiger partial charge in [0.2, 0.25) is 5.91 Å². The minimum absolute atomic E-state index is 0.225. The average Bonchev–Trinajstić information content (AvgIpc) is 2.37. The van der Waals surface area contributed by atoms with Gasteiger partial charge in [0.25, 0.3) is 0 Å². The molecule has 1 amide bonds. The summed E-state index contributed by atoms with van der Waals surface area (Å²) in [5, 5.41) is 3.30. The van der Waals surface area contributed by atoms with Gasteiger partial charge in [-0.1, -0.05) is 6.92 Å². The lowest BCUT2D eigenvalue weighted by molar-refractivity contribution is -0.132. The highest BCUT2D eigenvalue weighted by atomic mass is 16.5. The van der Waals surface area contributed by atoms with E-state index < -0.39 is 0 Å². The highest BCUT2D eigenvalue weighted by Crippen LogP contribution is 2.08. The smallest absolute Gasteiger partial charge is 0.224 e. The highest BCUT2D eigenvalue weighted by molar-refractivity contribution is 5.76. The monoisotopic (exact) mass is 242 g/mol. The van der Waals surface area contributed by atoms with Gasteiger partial charge in [0.15, 0.2) is 0 Å². The van der Waals surface area contributed by atoms with Gasteiger partial charge in [0.05, 0.1) is 19.1 Å². The quantitative estimate of drug-likeness (QED) is 0.734. The summed E-state index contributed by atoms with van der Waals surface area (Å²) >= 11 is 0. The normalized spacial score (nSPS) is 17.1. The average molecular weight is 242 g/mol. The van der Waals surface area contributed by atoms with Crippen molar-refractivity contribution < 1.29 is 9.53 Å². The summed E-state index contributed by atoms with van der Waals surface area (Å²) in [5.74, 6) is 0.225. The molecule has 1 rings (SSSR count). The number of piperidine rings is 1.